The van der Waals surface area contributed by atoms with Gasteiger partial charge < -0.3 is 20.7 Å². The number of nitrogens with one attached hydrogen (secondary N) is 4. The highest BCUT2D eigenvalue weighted by atomic mass is 32.2. The summed E-state index contributed by atoms with van der Waals surface area (Å²) in [7, 11) is 0. The molecule has 0 atom stereocenters. The minimum atomic E-state index is -4.57. The minimum Gasteiger partial charge on any atom is -0.326 e. The molecule has 12 heteroatoms. The van der Waals surface area contributed by atoms with Gasteiger partial charge >= 0.3 is 6.18 Å². The summed E-state index contributed by atoms with van der Waals surface area (Å²) < 4.78 is 42.1. The van der Waals surface area contributed by atoms with Crippen LogP contribution in [-0.2, 0) is 6.18 Å². The average molecular weight is 565 g/mol. The number of amides is 2. The van der Waals surface area contributed by atoms with Crippen LogP contribution in [-0.4, -0.2) is 21.8 Å². The van der Waals surface area contributed by atoms with Gasteiger partial charge in [0.25, 0.3) is 11.8 Å². The van der Waals surface area contributed by atoms with Crippen molar-refractivity contribution in [2.24, 2.45) is 0 Å². The Morgan fingerprint density at radius 3 is 2.27 bits per heavy atom. The maximum Gasteiger partial charge on any atom is 0.416 e. The summed E-state index contributed by atoms with van der Waals surface area (Å²) in [6, 6.07) is 16.2. The molecule has 0 aliphatic heterocycles. The Kier molecular flexibility index (Phi) is 8.70. The van der Waals surface area contributed by atoms with Crippen LogP contribution < -0.4 is 20.7 Å². The fourth-order valence-corrected chi connectivity index (χ4v) is 3.89. The van der Waals surface area contributed by atoms with E-state index in [1.807, 2.05) is 24.3 Å². The molecule has 8 nitrogen and oxygen atoms in total. The zero-order chi connectivity index (χ0) is 28.7. The molecular weight excluding hydrogens is 541 g/mol. The second-order valence-corrected chi connectivity index (χ2v) is 9.18. The van der Waals surface area contributed by atoms with E-state index in [2.05, 4.69) is 37.2 Å². The third kappa shape index (κ3) is 7.38. The lowest BCUT2D eigenvalue weighted by molar-refractivity contribution is -0.137. The van der Waals surface area contributed by atoms with Crippen LogP contribution in [0.15, 0.2) is 91.1 Å². The van der Waals surface area contributed by atoms with Gasteiger partial charge in [-0.15, -0.1) is 0 Å². The van der Waals surface area contributed by atoms with Crippen LogP contribution in [0.1, 0.15) is 31.8 Å². The first-order valence-electron chi connectivity index (χ1n) is 11.7. The van der Waals surface area contributed by atoms with E-state index in [1.54, 1.807) is 24.5 Å². The van der Waals surface area contributed by atoms with Crippen LogP contribution in [0.2, 0.25) is 0 Å². The molecule has 1 heterocycles. The Balaban J connectivity index is 1.41. The van der Waals surface area contributed by atoms with E-state index in [1.165, 1.54) is 36.5 Å². The topological polar surface area (TPSA) is 108 Å². The molecule has 0 aliphatic carbocycles. The maximum absolute atomic E-state index is 13.0. The van der Waals surface area contributed by atoms with E-state index >= 15 is 0 Å². The molecule has 0 unspecified atom stereocenters. The van der Waals surface area contributed by atoms with Crippen LogP contribution in [0, 0.1) is 6.92 Å². The molecule has 0 spiro atoms. The molecular formula is C28H23F3N6O2S. The summed E-state index contributed by atoms with van der Waals surface area (Å²) in [6.45, 7) is 5.36. The number of aryl methyl sites for hydroxylation is 1. The maximum atomic E-state index is 13.0. The summed E-state index contributed by atoms with van der Waals surface area (Å²) in [4.78, 5) is 34.0. The van der Waals surface area contributed by atoms with Crippen LogP contribution in [0.5, 0.6) is 0 Å². The smallest absolute Gasteiger partial charge is 0.326 e. The van der Waals surface area contributed by atoms with Crippen LogP contribution in [0.4, 0.5) is 41.9 Å². The first-order chi connectivity index (χ1) is 19.1. The lowest BCUT2D eigenvalue weighted by Gasteiger charge is -2.12. The molecule has 0 saturated carbocycles. The molecule has 0 saturated heterocycles. The lowest BCUT2D eigenvalue weighted by atomic mass is 10.1. The minimum absolute atomic E-state index is 0.161. The van der Waals surface area contributed by atoms with Crippen molar-refractivity contribution in [1.29, 1.82) is 0 Å². The van der Waals surface area contributed by atoms with Crippen molar-refractivity contribution < 1.29 is 22.8 Å². The van der Waals surface area contributed by atoms with Gasteiger partial charge in [0.1, 0.15) is 0 Å². The second-order valence-electron chi connectivity index (χ2n) is 8.40. The number of hydrogen-bond acceptors (Lipinski definition) is 7. The molecule has 4 N–H and O–H groups in total. The first kappa shape index (κ1) is 28.2. The van der Waals surface area contributed by atoms with Crippen molar-refractivity contribution in [3.63, 3.8) is 0 Å². The third-order valence-electron chi connectivity index (χ3n) is 5.48. The molecule has 4 aromatic rings. The molecule has 0 aliphatic rings. The molecule has 2 amide bonds. The van der Waals surface area contributed by atoms with Gasteiger partial charge in [0.05, 0.1) is 23.6 Å². The van der Waals surface area contributed by atoms with Gasteiger partial charge in [0.2, 0.25) is 5.95 Å². The molecule has 4 rings (SSSR count). The van der Waals surface area contributed by atoms with E-state index in [0.717, 1.165) is 29.6 Å². The third-order valence-corrected chi connectivity index (χ3v) is 6.00. The highest BCUT2D eigenvalue weighted by molar-refractivity contribution is 8.03. The Morgan fingerprint density at radius 2 is 1.55 bits per heavy atom. The molecule has 0 radical (unpaired) electrons. The predicted octanol–water partition coefficient (Wildman–Crippen LogP) is 7.26. The summed E-state index contributed by atoms with van der Waals surface area (Å²) in [5.74, 6) is -0.893. The number of rotatable bonds is 9. The van der Waals surface area contributed by atoms with Gasteiger partial charge in [-0.2, -0.15) is 13.2 Å². The zero-order valence-corrected chi connectivity index (χ0v) is 21.9. The number of carbonyl (C=O) groups excluding carboxylic acids is 2. The van der Waals surface area contributed by atoms with Gasteiger partial charge in [-0.05, 0) is 78.4 Å². The Morgan fingerprint density at radius 1 is 0.850 bits per heavy atom. The van der Waals surface area contributed by atoms with Crippen molar-refractivity contribution in [3.05, 3.63) is 113 Å². The summed E-state index contributed by atoms with van der Waals surface area (Å²) >= 11 is 1.34. The van der Waals surface area contributed by atoms with Gasteiger partial charge in [-0.3, -0.25) is 9.59 Å². The largest absolute Gasteiger partial charge is 0.416 e. The summed E-state index contributed by atoms with van der Waals surface area (Å²) in [5.41, 5.74) is 1.99. The number of alkyl halides is 3. The SMILES string of the molecule is C=CSNc1cccc(Nc2ncc(NC(=O)c3cc(NC(=O)c4cccc(C(F)(F)F)c4)ccc3C)cn2)c1. The molecule has 204 valence electrons. The number of aromatic nitrogens is 2. The Labute approximate surface area is 232 Å². The fourth-order valence-electron chi connectivity index (χ4n) is 3.54. The van der Waals surface area contributed by atoms with Gasteiger partial charge in [0, 0.05) is 28.2 Å². The number of halogens is 3. The molecule has 3 aromatic carbocycles. The Bertz CT molecular complexity index is 1540. The monoisotopic (exact) mass is 564 g/mol. The quantitative estimate of drug-likeness (QED) is 0.159. The van der Waals surface area contributed by atoms with E-state index in [9.17, 15) is 22.8 Å². The van der Waals surface area contributed by atoms with Crippen molar-refractivity contribution in [2.45, 2.75) is 13.1 Å². The van der Waals surface area contributed by atoms with Crippen molar-refractivity contribution in [3.8, 4) is 0 Å². The number of benzene rings is 3. The standard InChI is InChI=1S/C28H23F3N6O2S/c1-3-40-37-22-9-5-8-20(13-22)36-27-32-15-23(16-33-27)35-26(39)24-14-21(11-10-17(24)2)34-25(38)18-6-4-7-19(12-18)28(29,30)31/h3-16,37H,1H2,2H3,(H,34,38)(H,35,39)(H,32,33,36). The predicted molar refractivity (Wildman–Crippen MR) is 152 cm³/mol. The highest BCUT2D eigenvalue weighted by Gasteiger charge is 2.31. The second kappa shape index (κ2) is 12.3. The number of nitrogens with zero attached hydrogens (tertiary/aromatic N) is 2. The van der Waals surface area contributed by atoms with E-state index in [0.29, 0.717) is 17.2 Å². The Hall–Kier alpha value is -4.84. The van der Waals surface area contributed by atoms with E-state index in [4.69, 9.17) is 0 Å². The first-order valence-corrected chi connectivity index (χ1v) is 12.6. The van der Waals surface area contributed by atoms with Crippen molar-refractivity contribution >= 4 is 52.5 Å². The van der Waals surface area contributed by atoms with E-state index < -0.39 is 23.6 Å². The van der Waals surface area contributed by atoms with Gasteiger partial charge in [-0.25, -0.2) is 9.97 Å². The molecule has 0 fully saturated rings. The number of hydrogen-bond donors (Lipinski definition) is 4. The summed E-state index contributed by atoms with van der Waals surface area (Å²) in [5, 5.41) is 10.00. The molecule has 0 bridgehead atoms. The average Bonchev–Trinajstić information content (AvgIpc) is 2.94. The summed E-state index contributed by atoms with van der Waals surface area (Å²) in [6.07, 6.45) is -1.69. The molecule has 40 heavy (non-hydrogen) atoms. The highest BCUT2D eigenvalue weighted by Crippen LogP contribution is 2.30. The lowest BCUT2D eigenvalue weighted by Crippen LogP contribution is -2.16. The van der Waals surface area contributed by atoms with Crippen LogP contribution in [0.25, 0.3) is 0 Å². The zero-order valence-electron chi connectivity index (χ0n) is 21.0. The number of anilines is 5. The van der Waals surface area contributed by atoms with Crippen LogP contribution in [0.3, 0.4) is 0 Å². The van der Waals surface area contributed by atoms with Gasteiger partial charge in [0.15, 0.2) is 0 Å². The number of carbonyl (C=O) groups is 2. The van der Waals surface area contributed by atoms with Crippen molar-refractivity contribution in [1.82, 2.24) is 9.97 Å². The van der Waals surface area contributed by atoms with Crippen LogP contribution >= 0.6 is 11.9 Å². The fraction of sp³-hybridized carbons (Fsp3) is 0.0714. The normalized spacial score (nSPS) is 10.9. The van der Waals surface area contributed by atoms with Gasteiger partial charge in [-0.1, -0.05) is 24.8 Å². The van der Waals surface area contributed by atoms with E-state index in [-0.39, 0.29) is 16.8 Å². The van der Waals surface area contributed by atoms with Crippen molar-refractivity contribution in [2.75, 3.05) is 20.7 Å². The molecule has 1 aromatic heterocycles.